The van der Waals surface area contributed by atoms with E-state index in [0.717, 1.165) is 61.2 Å². The molecule has 0 spiro atoms. The lowest BCUT2D eigenvalue weighted by Crippen LogP contribution is -2.34. The fraction of sp³-hybridized carbons (Fsp3) is 0.273. The molecule has 2 N–H and O–H groups in total. The number of para-hydroxylation sites is 1. The minimum Gasteiger partial charge on any atom is -0.457 e. The summed E-state index contributed by atoms with van der Waals surface area (Å²) >= 11 is 1.60. The third-order valence-electron chi connectivity index (χ3n) is 7.07. The van der Waals surface area contributed by atoms with Gasteiger partial charge in [0.15, 0.2) is 0 Å². The number of nitrogens with one attached hydrogen (secondary N) is 2. The third kappa shape index (κ3) is 6.70. The van der Waals surface area contributed by atoms with Crippen LogP contribution in [-0.2, 0) is 9.59 Å². The van der Waals surface area contributed by atoms with E-state index >= 15 is 0 Å². The van der Waals surface area contributed by atoms with Crippen molar-refractivity contribution >= 4 is 57.0 Å². The van der Waals surface area contributed by atoms with Gasteiger partial charge >= 0.3 is 6.03 Å². The number of carbonyl (C=O) groups is 3. The molecule has 2 aliphatic rings. The smallest absolute Gasteiger partial charge is 0.331 e. The van der Waals surface area contributed by atoms with Gasteiger partial charge in [-0.15, -0.1) is 11.3 Å². The number of ether oxygens (including phenoxy) is 1. The van der Waals surface area contributed by atoms with Crippen LogP contribution in [0.1, 0.15) is 36.3 Å². The Balaban J connectivity index is 0.000000255. The summed E-state index contributed by atoms with van der Waals surface area (Å²) in [6.07, 6.45) is 4.56. The van der Waals surface area contributed by atoms with Crippen LogP contribution in [0, 0.1) is 20.8 Å². The predicted molar refractivity (Wildman–Crippen MR) is 174 cm³/mol. The largest absolute Gasteiger partial charge is 0.457 e. The number of likely N-dealkylation sites (tertiary alicyclic amines) is 1. The summed E-state index contributed by atoms with van der Waals surface area (Å²) in [5.74, 6) is 1.47. The number of hydrogen-bond donors (Lipinski definition) is 2. The van der Waals surface area contributed by atoms with E-state index < -0.39 is 0 Å². The molecule has 0 radical (unpaired) electrons. The predicted octanol–water partition coefficient (Wildman–Crippen LogP) is 7.24. The highest BCUT2D eigenvalue weighted by Gasteiger charge is 2.31. The molecule has 4 amide bonds. The third-order valence-corrected chi connectivity index (χ3v) is 8.08. The molecule has 2 aromatic heterocycles. The van der Waals surface area contributed by atoms with Crippen molar-refractivity contribution in [1.82, 2.24) is 15.2 Å². The van der Waals surface area contributed by atoms with Crippen molar-refractivity contribution in [2.24, 2.45) is 0 Å². The van der Waals surface area contributed by atoms with E-state index in [-0.39, 0.29) is 18.0 Å². The number of benzene rings is 2. The van der Waals surface area contributed by atoms with Crippen LogP contribution in [-0.4, -0.2) is 47.4 Å². The molecule has 4 heterocycles. The van der Waals surface area contributed by atoms with Gasteiger partial charge in [-0.25, -0.2) is 9.78 Å². The molecule has 0 aliphatic carbocycles. The first-order valence-electron chi connectivity index (χ1n) is 14.2. The van der Waals surface area contributed by atoms with Gasteiger partial charge in [0.1, 0.15) is 16.3 Å². The highest BCUT2D eigenvalue weighted by atomic mass is 32.1. The van der Waals surface area contributed by atoms with Crippen LogP contribution in [0.15, 0.2) is 67.4 Å². The van der Waals surface area contributed by atoms with Gasteiger partial charge in [-0.05, 0) is 74.7 Å². The highest BCUT2D eigenvalue weighted by molar-refractivity contribution is 7.19. The molecular weight excluding hydrogens is 562 g/mol. The number of nitrogens with zero attached hydrogens (tertiary/aromatic N) is 3. The minimum absolute atomic E-state index is 0.0646. The standard InChI is InChI=1S/C23H19N3O2S.C8H12N2O2.C2H6/c1-13-11-17(28-16-7-5-4-6-8-16)12-14(2)21(13)26-18-9-10-24-22-19(18)20(15(3)29-22)25-23(26)27;1-2-8(12)10-4-3-7(5-10)9-6-11;1-2/h4-12H,1-3H3,(H,25,27);2,6-7H,1,3-5H2,(H,9,11);1-2H3/t;7-;/m.1./s1. The van der Waals surface area contributed by atoms with E-state index in [4.69, 9.17) is 4.74 Å². The van der Waals surface area contributed by atoms with Crippen molar-refractivity contribution in [3.05, 3.63) is 83.4 Å². The molecule has 1 saturated heterocycles. The summed E-state index contributed by atoms with van der Waals surface area (Å²) in [7, 11) is 0. The van der Waals surface area contributed by atoms with Crippen molar-refractivity contribution in [3.63, 3.8) is 0 Å². The van der Waals surface area contributed by atoms with Crippen molar-refractivity contribution < 1.29 is 19.1 Å². The summed E-state index contributed by atoms with van der Waals surface area (Å²) in [6.45, 7) is 14.7. The Labute approximate surface area is 256 Å². The number of hydrogen-bond acceptors (Lipinski definition) is 6. The number of anilines is 3. The second-order valence-corrected chi connectivity index (χ2v) is 11.1. The van der Waals surface area contributed by atoms with Crippen molar-refractivity contribution in [2.45, 2.75) is 47.1 Å². The monoisotopic (exact) mass is 599 g/mol. The summed E-state index contributed by atoms with van der Waals surface area (Å²) in [5, 5.41) is 6.70. The highest BCUT2D eigenvalue weighted by Crippen LogP contribution is 2.47. The van der Waals surface area contributed by atoms with E-state index in [2.05, 4.69) is 22.2 Å². The van der Waals surface area contributed by atoms with Gasteiger partial charge in [0.2, 0.25) is 12.3 Å². The van der Waals surface area contributed by atoms with Crippen LogP contribution in [0.5, 0.6) is 11.5 Å². The Bertz CT molecular complexity index is 1610. The van der Waals surface area contributed by atoms with Gasteiger partial charge in [-0.3, -0.25) is 14.5 Å². The molecule has 4 aromatic rings. The number of amides is 4. The second kappa shape index (κ2) is 14.0. The van der Waals surface area contributed by atoms with Gasteiger partial charge < -0.3 is 20.3 Å². The Morgan fingerprint density at radius 1 is 1.12 bits per heavy atom. The topological polar surface area (TPSA) is 104 Å². The van der Waals surface area contributed by atoms with Gasteiger partial charge in [0, 0.05) is 30.2 Å². The maximum absolute atomic E-state index is 13.1. The van der Waals surface area contributed by atoms with Crippen molar-refractivity contribution in [1.29, 1.82) is 0 Å². The normalized spacial score (nSPS) is 15.0. The first kappa shape index (κ1) is 31.2. The number of thiophene rings is 1. The fourth-order valence-corrected chi connectivity index (χ4v) is 6.19. The quantitative estimate of drug-likeness (QED) is 0.180. The second-order valence-electron chi connectivity index (χ2n) is 9.89. The van der Waals surface area contributed by atoms with Crippen LogP contribution in [0.25, 0.3) is 10.2 Å². The zero-order valence-corrected chi connectivity index (χ0v) is 26.0. The Morgan fingerprint density at radius 3 is 2.47 bits per heavy atom. The Morgan fingerprint density at radius 2 is 1.81 bits per heavy atom. The van der Waals surface area contributed by atoms with Crippen LogP contribution >= 0.6 is 11.3 Å². The SMILES string of the molecule is C=CC(=O)N1CC[C@@H](NC=O)C1.CC.Cc1cc(Oc2ccccc2)cc(C)c1N1C(=O)Nc2c(C)sc3nccc1c23. The molecule has 6 rings (SSSR count). The number of pyridine rings is 1. The number of aryl methyl sites for hydroxylation is 3. The molecule has 0 unspecified atom stereocenters. The van der Waals surface area contributed by atoms with E-state index in [1.54, 1.807) is 27.3 Å². The number of carbonyl (C=O) groups excluding carboxylic acids is 3. The maximum Gasteiger partial charge on any atom is 0.331 e. The molecular formula is C33H37N5O4S. The van der Waals surface area contributed by atoms with E-state index in [1.165, 1.54) is 6.08 Å². The van der Waals surface area contributed by atoms with Crippen LogP contribution < -0.4 is 20.3 Å². The first-order valence-corrected chi connectivity index (χ1v) is 15.1. The van der Waals surface area contributed by atoms with Gasteiger partial charge in [0.05, 0.1) is 22.4 Å². The average molecular weight is 600 g/mol. The fourth-order valence-electron chi connectivity index (χ4n) is 5.22. The molecule has 224 valence electrons. The van der Waals surface area contributed by atoms with E-state index in [0.29, 0.717) is 19.5 Å². The summed E-state index contributed by atoms with van der Waals surface area (Å²) < 4.78 is 6.00. The molecule has 9 nitrogen and oxygen atoms in total. The van der Waals surface area contributed by atoms with Gasteiger partial charge in [0.25, 0.3) is 0 Å². The lowest BCUT2D eigenvalue weighted by Gasteiger charge is -2.31. The van der Waals surface area contributed by atoms with Gasteiger partial charge in [-0.2, -0.15) is 0 Å². The lowest BCUT2D eigenvalue weighted by atomic mass is 10.0. The summed E-state index contributed by atoms with van der Waals surface area (Å²) in [4.78, 5) is 44.1. The van der Waals surface area contributed by atoms with E-state index in [1.807, 2.05) is 83.1 Å². The number of urea groups is 1. The van der Waals surface area contributed by atoms with Crippen molar-refractivity contribution in [2.75, 3.05) is 23.3 Å². The summed E-state index contributed by atoms with van der Waals surface area (Å²) in [6, 6.07) is 15.5. The molecule has 2 aromatic carbocycles. The Hall–Kier alpha value is -4.70. The van der Waals surface area contributed by atoms with Crippen molar-refractivity contribution in [3.8, 4) is 11.5 Å². The van der Waals surface area contributed by atoms with Crippen LogP contribution in [0.4, 0.5) is 21.9 Å². The molecule has 43 heavy (non-hydrogen) atoms. The number of rotatable bonds is 6. The lowest BCUT2D eigenvalue weighted by molar-refractivity contribution is -0.125. The molecule has 0 saturated carbocycles. The maximum atomic E-state index is 13.1. The van der Waals surface area contributed by atoms with Gasteiger partial charge in [-0.1, -0.05) is 38.6 Å². The van der Waals surface area contributed by atoms with Crippen LogP contribution in [0.3, 0.4) is 0 Å². The first-order chi connectivity index (χ1) is 20.8. The molecule has 0 bridgehead atoms. The minimum atomic E-state index is -0.158. The summed E-state index contributed by atoms with van der Waals surface area (Å²) in [5.41, 5.74) is 4.53. The zero-order valence-electron chi connectivity index (χ0n) is 25.1. The molecule has 10 heteroatoms. The molecule has 1 fully saturated rings. The molecule has 2 aliphatic heterocycles. The number of aromatic nitrogens is 1. The van der Waals surface area contributed by atoms with E-state index in [9.17, 15) is 14.4 Å². The Kier molecular flexibility index (Phi) is 10.2. The molecule has 1 atom stereocenters. The average Bonchev–Trinajstić information content (AvgIpc) is 3.60. The zero-order chi connectivity index (χ0) is 31.1. The van der Waals surface area contributed by atoms with Crippen LogP contribution in [0.2, 0.25) is 0 Å².